The molecule has 0 unspecified atom stereocenters. The number of hydrogen-bond donors (Lipinski definition) is 2. The van der Waals surface area contributed by atoms with Crippen molar-refractivity contribution in [2.24, 2.45) is 0 Å². The minimum absolute atomic E-state index is 0.0615. The van der Waals surface area contributed by atoms with Crippen LogP contribution in [0.2, 0.25) is 0 Å². The van der Waals surface area contributed by atoms with E-state index in [2.05, 4.69) is 21.2 Å². The van der Waals surface area contributed by atoms with Gasteiger partial charge in [0.15, 0.2) is 0 Å². The van der Waals surface area contributed by atoms with Crippen molar-refractivity contribution in [1.82, 2.24) is 0 Å². The number of benzene rings is 2. The summed E-state index contributed by atoms with van der Waals surface area (Å²) in [6.07, 6.45) is 0. The van der Waals surface area contributed by atoms with Crippen LogP contribution in [0.5, 0.6) is 0 Å². The fourth-order valence-corrected chi connectivity index (χ4v) is 2.02. The molecular formula is C14H11BrF2N2O. The lowest BCUT2D eigenvalue weighted by atomic mass is 10.1. The van der Waals surface area contributed by atoms with E-state index in [4.69, 9.17) is 5.73 Å². The summed E-state index contributed by atoms with van der Waals surface area (Å²) < 4.78 is 26.8. The van der Waals surface area contributed by atoms with Crippen LogP contribution in [0, 0.1) is 18.6 Å². The van der Waals surface area contributed by atoms with Crippen LogP contribution in [-0.4, -0.2) is 5.91 Å². The Labute approximate surface area is 122 Å². The highest BCUT2D eigenvalue weighted by molar-refractivity contribution is 9.10. The van der Waals surface area contributed by atoms with E-state index in [1.807, 2.05) is 6.92 Å². The smallest absolute Gasteiger partial charge is 0.257 e. The van der Waals surface area contributed by atoms with Crippen molar-refractivity contribution in [1.29, 1.82) is 0 Å². The largest absolute Gasteiger partial charge is 0.398 e. The summed E-state index contributed by atoms with van der Waals surface area (Å²) in [6, 6.07) is 6.82. The quantitative estimate of drug-likeness (QED) is 0.644. The zero-order chi connectivity index (χ0) is 14.9. The zero-order valence-electron chi connectivity index (χ0n) is 10.5. The van der Waals surface area contributed by atoms with E-state index >= 15 is 0 Å². The number of rotatable bonds is 2. The molecule has 1 amide bonds. The fourth-order valence-electron chi connectivity index (χ4n) is 1.67. The van der Waals surface area contributed by atoms with Gasteiger partial charge in [-0.1, -0.05) is 11.6 Å². The molecule has 0 bridgehead atoms. The van der Waals surface area contributed by atoms with Gasteiger partial charge in [0.25, 0.3) is 5.91 Å². The second kappa shape index (κ2) is 5.58. The summed E-state index contributed by atoms with van der Waals surface area (Å²) >= 11 is 2.93. The van der Waals surface area contributed by atoms with Crippen LogP contribution in [0.15, 0.2) is 34.8 Å². The molecule has 0 radical (unpaired) electrons. The first-order valence-corrected chi connectivity index (χ1v) is 6.50. The SMILES string of the molecule is Cc1ccc(N)c(C(=O)Nc2cc(Br)c(F)cc2F)c1. The van der Waals surface area contributed by atoms with Gasteiger partial charge in [0, 0.05) is 11.8 Å². The number of aryl methyl sites for hydroxylation is 1. The highest BCUT2D eigenvalue weighted by Gasteiger charge is 2.14. The highest BCUT2D eigenvalue weighted by atomic mass is 79.9. The molecule has 3 N–H and O–H groups in total. The third-order valence-electron chi connectivity index (χ3n) is 2.71. The van der Waals surface area contributed by atoms with Gasteiger partial charge in [0.2, 0.25) is 0 Å². The van der Waals surface area contributed by atoms with Crippen molar-refractivity contribution < 1.29 is 13.6 Å². The molecule has 0 aromatic heterocycles. The number of carbonyl (C=O) groups excluding carboxylic acids is 1. The number of nitrogens with one attached hydrogen (secondary N) is 1. The van der Waals surface area contributed by atoms with Crippen molar-refractivity contribution in [3.05, 3.63) is 57.6 Å². The zero-order valence-corrected chi connectivity index (χ0v) is 12.1. The predicted octanol–water partition coefficient (Wildman–Crippen LogP) is 3.87. The monoisotopic (exact) mass is 340 g/mol. The Bertz CT molecular complexity index is 689. The molecule has 2 aromatic carbocycles. The average Bonchev–Trinajstić information content (AvgIpc) is 2.38. The van der Waals surface area contributed by atoms with E-state index in [1.54, 1.807) is 18.2 Å². The molecule has 20 heavy (non-hydrogen) atoms. The van der Waals surface area contributed by atoms with Crippen LogP contribution in [0.1, 0.15) is 15.9 Å². The first kappa shape index (κ1) is 14.5. The molecule has 0 saturated carbocycles. The molecule has 0 atom stereocenters. The third kappa shape index (κ3) is 2.96. The van der Waals surface area contributed by atoms with Crippen molar-refractivity contribution in [2.75, 3.05) is 11.1 Å². The van der Waals surface area contributed by atoms with E-state index in [1.165, 1.54) is 0 Å². The minimum atomic E-state index is -0.856. The van der Waals surface area contributed by atoms with Gasteiger partial charge in [-0.2, -0.15) is 0 Å². The first-order valence-electron chi connectivity index (χ1n) is 5.70. The highest BCUT2D eigenvalue weighted by Crippen LogP contribution is 2.25. The molecule has 0 heterocycles. The maximum absolute atomic E-state index is 13.6. The average molecular weight is 341 g/mol. The summed E-state index contributed by atoms with van der Waals surface area (Å²) in [4.78, 5) is 12.1. The van der Waals surface area contributed by atoms with Crippen molar-refractivity contribution in [2.45, 2.75) is 6.92 Å². The first-order chi connectivity index (χ1) is 9.38. The second-order valence-electron chi connectivity index (χ2n) is 4.29. The molecule has 0 aliphatic rings. The predicted molar refractivity (Wildman–Crippen MR) is 77.6 cm³/mol. The van der Waals surface area contributed by atoms with Gasteiger partial charge in [-0.3, -0.25) is 4.79 Å². The number of halogens is 3. The van der Waals surface area contributed by atoms with Crippen LogP contribution in [0.4, 0.5) is 20.2 Å². The number of carbonyl (C=O) groups is 1. The Kier molecular flexibility index (Phi) is 4.04. The lowest BCUT2D eigenvalue weighted by Crippen LogP contribution is -2.15. The lowest BCUT2D eigenvalue weighted by Gasteiger charge is -2.10. The Morgan fingerprint density at radius 2 is 1.90 bits per heavy atom. The van der Waals surface area contributed by atoms with Gasteiger partial charge < -0.3 is 11.1 Å². The molecule has 0 aliphatic carbocycles. The summed E-state index contributed by atoms with van der Waals surface area (Å²) in [5, 5.41) is 2.37. The molecule has 104 valence electrons. The second-order valence-corrected chi connectivity index (χ2v) is 5.15. The van der Waals surface area contributed by atoms with Crippen LogP contribution < -0.4 is 11.1 Å². The minimum Gasteiger partial charge on any atom is -0.398 e. The molecule has 6 heteroatoms. The molecule has 3 nitrogen and oxygen atoms in total. The number of anilines is 2. The normalized spacial score (nSPS) is 10.4. The van der Waals surface area contributed by atoms with E-state index in [0.29, 0.717) is 6.07 Å². The Hall–Kier alpha value is -1.95. The number of amides is 1. The van der Waals surface area contributed by atoms with Gasteiger partial charge >= 0.3 is 0 Å². The van der Waals surface area contributed by atoms with E-state index < -0.39 is 17.5 Å². The number of nitrogen functional groups attached to an aromatic ring is 1. The maximum atomic E-state index is 13.6. The van der Waals surface area contributed by atoms with Crippen LogP contribution in [0.3, 0.4) is 0 Å². The third-order valence-corrected chi connectivity index (χ3v) is 3.32. The molecule has 0 aliphatic heterocycles. The summed E-state index contributed by atoms with van der Waals surface area (Å²) in [5.74, 6) is -2.15. The molecule has 2 aromatic rings. The molecule has 0 fully saturated rings. The Balaban J connectivity index is 2.32. The molecule has 2 rings (SSSR count). The topological polar surface area (TPSA) is 55.1 Å². The molecule has 0 spiro atoms. The van der Waals surface area contributed by atoms with Gasteiger partial charge in [0.05, 0.1) is 15.7 Å². The number of hydrogen-bond acceptors (Lipinski definition) is 2. The lowest BCUT2D eigenvalue weighted by molar-refractivity contribution is 0.102. The maximum Gasteiger partial charge on any atom is 0.257 e. The van der Waals surface area contributed by atoms with Gasteiger partial charge in [0.1, 0.15) is 11.6 Å². The van der Waals surface area contributed by atoms with E-state index in [9.17, 15) is 13.6 Å². The fraction of sp³-hybridized carbons (Fsp3) is 0.0714. The van der Waals surface area contributed by atoms with Crippen LogP contribution >= 0.6 is 15.9 Å². The summed E-state index contributed by atoms with van der Waals surface area (Å²) in [7, 11) is 0. The van der Waals surface area contributed by atoms with Gasteiger partial charge in [-0.05, 0) is 41.1 Å². The Morgan fingerprint density at radius 1 is 1.20 bits per heavy atom. The molecule has 0 saturated heterocycles. The van der Waals surface area contributed by atoms with Crippen LogP contribution in [0.25, 0.3) is 0 Å². The van der Waals surface area contributed by atoms with Crippen molar-refractivity contribution >= 4 is 33.2 Å². The van der Waals surface area contributed by atoms with Crippen LogP contribution in [-0.2, 0) is 0 Å². The number of nitrogens with two attached hydrogens (primary N) is 1. The standard InChI is InChI=1S/C14H11BrF2N2O/c1-7-2-3-12(18)8(4-7)14(20)19-13-5-9(15)10(16)6-11(13)17/h2-6H,18H2,1H3,(H,19,20). The van der Waals surface area contributed by atoms with Crippen molar-refractivity contribution in [3.63, 3.8) is 0 Å². The van der Waals surface area contributed by atoms with E-state index in [-0.39, 0.29) is 21.4 Å². The van der Waals surface area contributed by atoms with Crippen molar-refractivity contribution in [3.8, 4) is 0 Å². The summed E-state index contributed by atoms with van der Waals surface area (Å²) in [5.41, 5.74) is 6.97. The van der Waals surface area contributed by atoms with Gasteiger partial charge in [-0.25, -0.2) is 8.78 Å². The summed E-state index contributed by atoms with van der Waals surface area (Å²) in [6.45, 7) is 1.81. The molecular weight excluding hydrogens is 330 g/mol. The van der Waals surface area contributed by atoms with E-state index in [0.717, 1.165) is 11.6 Å². The Morgan fingerprint density at radius 3 is 2.60 bits per heavy atom. The van der Waals surface area contributed by atoms with Gasteiger partial charge in [-0.15, -0.1) is 0 Å².